The lowest BCUT2D eigenvalue weighted by atomic mass is 10.2. The van der Waals surface area contributed by atoms with Gasteiger partial charge in [0, 0.05) is 0 Å². The molecule has 1 heterocycles. The summed E-state index contributed by atoms with van der Waals surface area (Å²) < 4.78 is 10.7. The van der Waals surface area contributed by atoms with Crippen LogP contribution in [-0.4, -0.2) is 11.8 Å². The maximum atomic E-state index is 5.65. The van der Waals surface area contributed by atoms with Crippen LogP contribution >= 0.6 is 0 Å². The average Bonchev–Trinajstić information content (AvgIpc) is 2.82. The highest BCUT2D eigenvalue weighted by Crippen LogP contribution is 2.26. The van der Waals surface area contributed by atoms with Crippen LogP contribution in [0.4, 0.5) is 11.4 Å². The second-order valence-electron chi connectivity index (χ2n) is 4.92. The Hall–Kier alpha value is -2.17. The highest BCUT2D eigenvalue weighted by atomic mass is 16.5. The van der Waals surface area contributed by atoms with Gasteiger partial charge in [-0.1, -0.05) is 24.9 Å². The van der Waals surface area contributed by atoms with Gasteiger partial charge in [-0.15, -0.1) is 5.11 Å². The molecular weight excluding hydrogens is 266 g/mol. The predicted octanol–water partition coefficient (Wildman–Crippen LogP) is 5.28. The number of ether oxygens (including phenoxy) is 1. The fourth-order valence-electron chi connectivity index (χ4n) is 1.88. The van der Waals surface area contributed by atoms with E-state index in [1.54, 1.807) is 0 Å². The molecule has 0 fully saturated rings. The van der Waals surface area contributed by atoms with Crippen LogP contribution in [0.25, 0.3) is 0 Å². The van der Waals surface area contributed by atoms with Gasteiger partial charge in [-0.2, -0.15) is 5.11 Å². The summed E-state index contributed by atoms with van der Waals surface area (Å²) in [5.41, 5.74) is 2.21. The number of unbranched alkanes of at least 4 members (excludes halogenated alkanes) is 2. The van der Waals surface area contributed by atoms with Crippen LogP contribution in [-0.2, 0) is 0 Å². The monoisotopic (exact) mass is 287 g/mol. The first-order chi connectivity index (χ1) is 10.2. The zero-order valence-electron chi connectivity index (χ0n) is 12.8. The van der Waals surface area contributed by atoms with Crippen LogP contribution in [0.1, 0.15) is 37.6 Å². The average molecular weight is 287 g/mol. The largest absolute Gasteiger partial charge is 0.494 e. The van der Waals surface area contributed by atoms with Crippen molar-refractivity contribution in [3.63, 3.8) is 0 Å². The summed E-state index contributed by atoms with van der Waals surface area (Å²) in [4.78, 5) is 0. The maximum absolute atomic E-state index is 5.65. The quantitative estimate of drug-likeness (QED) is 0.514. The molecule has 0 aliphatic heterocycles. The SMILES string of the molecule is CCCCCOc1ccc(N=Nc2c(C)noc2C)cc1. The van der Waals surface area contributed by atoms with E-state index in [1.165, 1.54) is 12.8 Å². The summed E-state index contributed by atoms with van der Waals surface area (Å²) in [6.07, 6.45) is 3.48. The molecule has 0 unspecified atom stereocenters. The van der Waals surface area contributed by atoms with Crippen LogP contribution in [0, 0.1) is 13.8 Å². The summed E-state index contributed by atoms with van der Waals surface area (Å²) in [5, 5.41) is 12.2. The molecule has 2 aromatic rings. The second kappa shape index (κ2) is 7.57. The van der Waals surface area contributed by atoms with E-state index in [-0.39, 0.29) is 0 Å². The van der Waals surface area contributed by atoms with Crippen molar-refractivity contribution in [2.75, 3.05) is 6.61 Å². The van der Waals surface area contributed by atoms with Crippen LogP contribution in [0.5, 0.6) is 5.75 Å². The molecule has 5 nitrogen and oxygen atoms in total. The Morgan fingerprint density at radius 1 is 1.10 bits per heavy atom. The molecule has 2 rings (SSSR count). The van der Waals surface area contributed by atoms with E-state index in [0.29, 0.717) is 11.4 Å². The Labute approximate surface area is 125 Å². The van der Waals surface area contributed by atoms with Crippen molar-refractivity contribution in [1.82, 2.24) is 5.16 Å². The molecule has 0 saturated carbocycles. The fraction of sp³-hybridized carbons (Fsp3) is 0.438. The lowest BCUT2D eigenvalue weighted by Crippen LogP contribution is -1.96. The summed E-state index contributed by atoms with van der Waals surface area (Å²) in [6.45, 7) is 6.60. The third kappa shape index (κ3) is 4.41. The molecule has 5 heteroatoms. The molecule has 0 amide bonds. The molecule has 0 N–H and O–H groups in total. The molecule has 0 radical (unpaired) electrons. The molecule has 0 bridgehead atoms. The highest BCUT2D eigenvalue weighted by molar-refractivity contribution is 5.45. The first-order valence-corrected chi connectivity index (χ1v) is 7.28. The van der Waals surface area contributed by atoms with Gasteiger partial charge in [0.1, 0.15) is 11.4 Å². The summed E-state index contributed by atoms with van der Waals surface area (Å²) >= 11 is 0. The van der Waals surface area contributed by atoms with Crippen LogP contribution in [0.15, 0.2) is 39.0 Å². The van der Waals surface area contributed by atoms with Gasteiger partial charge < -0.3 is 9.26 Å². The lowest BCUT2D eigenvalue weighted by molar-refractivity contribution is 0.306. The molecule has 112 valence electrons. The van der Waals surface area contributed by atoms with Crippen molar-refractivity contribution < 1.29 is 9.26 Å². The second-order valence-corrected chi connectivity index (χ2v) is 4.92. The topological polar surface area (TPSA) is 60.0 Å². The van der Waals surface area contributed by atoms with E-state index in [2.05, 4.69) is 22.3 Å². The van der Waals surface area contributed by atoms with Gasteiger partial charge in [-0.25, -0.2) is 0 Å². The van der Waals surface area contributed by atoms with E-state index in [9.17, 15) is 0 Å². The molecule has 0 aliphatic rings. The third-order valence-electron chi connectivity index (χ3n) is 3.11. The Morgan fingerprint density at radius 3 is 2.48 bits per heavy atom. The fourth-order valence-corrected chi connectivity index (χ4v) is 1.88. The molecule has 0 aliphatic carbocycles. The Bertz CT molecular complexity index is 569. The van der Waals surface area contributed by atoms with E-state index < -0.39 is 0 Å². The number of nitrogens with zero attached hydrogens (tertiary/aromatic N) is 3. The first kappa shape index (κ1) is 15.2. The molecular formula is C16H21N3O2. The molecule has 0 atom stereocenters. The summed E-state index contributed by atoms with van der Waals surface area (Å²) in [6, 6.07) is 7.59. The van der Waals surface area contributed by atoms with Gasteiger partial charge in [0.15, 0.2) is 11.4 Å². The van der Waals surface area contributed by atoms with Crippen molar-refractivity contribution in [2.24, 2.45) is 10.2 Å². The van der Waals surface area contributed by atoms with Crippen LogP contribution in [0.3, 0.4) is 0 Å². The summed E-state index contributed by atoms with van der Waals surface area (Å²) in [5.74, 6) is 1.54. The van der Waals surface area contributed by atoms with Gasteiger partial charge in [-0.05, 0) is 44.5 Å². The van der Waals surface area contributed by atoms with Crippen LogP contribution in [0.2, 0.25) is 0 Å². The zero-order chi connectivity index (χ0) is 15.1. The number of hydrogen-bond acceptors (Lipinski definition) is 5. The number of hydrogen-bond donors (Lipinski definition) is 0. The van der Waals surface area contributed by atoms with Crippen molar-refractivity contribution in [3.8, 4) is 5.75 Å². The number of benzene rings is 1. The smallest absolute Gasteiger partial charge is 0.161 e. The minimum atomic E-state index is 0.673. The standard InChI is InChI=1S/C16H21N3O2/c1-4-5-6-11-20-15-9-7-14(8-10-15)17-18-16-12(2)19-21-13(16)3/h7-10H,4-6,11H2,1-3H3. The zero-order valence-corrected chi connectivity index (χ0v) is 12.8. The Morgan fingerprint density at radius 2 is 1.86 bits per heavy atom. The van der Waals surface area contributed by atoms with E-state index >= 15 is 0 Å². The van der Waals surface area contributed by atoms with Gasteiger partial charge in [-0.3, -0.25) is 0 Å². The molecule has 1 aromatic carbocycles. The van der Waals surface area contributed by atoms with Crippen molar-refractivity contribution >= 4 is 11.4 Å². The number of azo groups is 1. The minimum Gasteiger partial charge on any atom is -0.494 e. The molecule has 1 aromatic heterocycles. The van der Waals surface area contributed by atoms with Gasteiger partial charge >= 0.3 is 0 Å². The number of rotatable bonds is 7. The number of aryl methyl sites for hydroxylation is 2. The van der Waals surface area contributed by atoms with Gasteiger partial charge in [0.05, 0.1) is 12.3 Å². The molecule has 21 heavy (non-hydrogen) atoms. The van der Waals surface area contributed by atoms with Gasteiger partial charge in [0.2, 0.25) is 0 Å². The van der Waals surface area contributed by atoms with Crippen molar-refractivity contribution in [3.05, 3.63) is 35.7 Å². The summed E-state index contributed by atoms with van der Waals surface area (Å²) in [7, 11) is 0. The Balaban J connectivity index is 1.93. The normalized spacial score (nSPS) is 11.2. The third-order valence-corrected chi connectivity index (χ3v) is 3.11. The van der Waals surface area contributed by atoms with Gasteiger partial charge in [0.25, 0.3) is 0 Å². The molecule has 0 saturated heterocycles. The highest BCUT2D eigenvalue weighted by Gasteiger charge is 2.07. The minimum absolute atomic E-state index is 0.673. The van der Waals surface area contributed by atoms with Crippen LogP contribution < -0.4 is 4.74 Å². The maximum Gasteiger partial charge on any atom is 0.161 e. The predicted molar refractivity (Wildman–Crippen MR) is 81.6 cm³/mol. The molecule has 0 spiro atoms. The first-order valence-electron chi connectivity index (χ1n) is 7.28. The lowest BCUT2D eigenvalue weighted by Gasteiger charge is -2.05. The van der Waals surface area contributed by atoms with E-state index in [4.69, 9.17) is 9.26 Å². The van der Waals surface area contributed by atoms with E-state index in [0.717, 1.165) is 30.2 Å². The van der Waals surface area contributed by atoms with Crippen molar-refractivity contribution in [1.29, 1.82) is 0 Å². The Kier molecular flexibility index (Phi) is 5.49. The van der Waals surface area contributed by atoms with E-state index in [1.807, 2.05) is 38.1 Å². The van der Waals surface area contributed by atoms with Crippen molar-refractivity contribution in [2.45, 2.75) is 40.0 Å². The number of aromatic nitrogens is 1.